The summed E-state index contributed by atoms with van der Waals surface area (Å²) in [6.45, 7) is -1.44. The molecule has 0 saturated carbocycles. The van der Waals surface area contributed by atoms with Crippen LogP contribution in [0.2, 0.25) is 0 Å². The third-order valence-corrected chi connectivity index (χ3v) is 4.68. The number of fused-ring (bicyclic) bond motifs is 1. The number of carbonyl (C=O) groups is 2. The Kier molecular flexibility index (Phi) is 4.25. The number of carboxylic acids is 1. The zero-order chi connectivity index (χ0) is 20.0. The molecule has 3 rings (SSSR count). The molecule has 0 radical (unpaired) electrons. The Hall–Kier alpha value is -3.24. The number of carboxylic acid groups (broad SMARTS) is 1. The van der Waals surface area contributed by atoms with Gasteiger partial charge < -0.3 is 10.0 Å². The average molecular weight is 383 g/mol. The van der Waals surface area contributed by atoms with Gasteiger partial charge >= 0.3 is 12.1 Å². The molecule has 1 amide bonds. The Morgan fingerprint density at radius 1 is 1.30 bits per heavy atom. The summed E-state index contributed by atoms with van der Waals surface area (Å²) in [5.41, 5.74) is -3.49. The maximum absolute atomic E-state index is 13.3. The number of halogens is 3. The first kappa shape index (κ1) is 18.5. The van der Waals surface area contributed by atoms with Crippen molar-refractivity contribution in [1.82, 2.24) is 9.88 Å². The highest BCUT2D eigenvalue weighted by Crippen LogP contribution is 2.46. The number of nitrogens with zero attached hydrogens (tertiary/aromatic N) is 3. The molecule has 1 atom stereocenters. The number of likely N-dealkylation sites (tertiary alicyclic amines) is 1. The highest BCUT2D eigenvalue weighted by atomic mass is 19.4. The zero-order valence-corrected chi connectivity index (χ0v) is 13.6. The lowest BCUT2D eigenvalue weighted by atomic mass is 9.86. The highest BCUT2D eigenvalue weighted by Gasteiger charge is 2.64. The fourth-order valence-corrected chi connectivity index (χ4v) is 3.17. The van der Waals surface area contributed by atoms with Gasteiger partial charge in [-0.2, -0.15) is 13.2 Å². The molecule has 1 aliphatic heterocycles. The molecular weight excluding hydrogens is 371 g/mol. The van der Waals surface area contributed by atoms with Gasteiger partial charge in [0.2, 0.25) is 0 Å². The van der Waals surface area contributed by atoms with Gasteiger partial charge in [-0.05, 0) is 24.6 Å². The summed E-state index contributed by atoms with van der Waals surface area (Å²) in [6.07, 6.45) is -4.50. The number of aromatic nitrogens is 1. The minimum absolute atomic E-state index is 0.0310. The molecule has 142 valence electrons. The summed E-state index contributed by atoms with van der Waals surface area (Å²) >= 11 is 0. The smallest absolute Gasteiger partial charge is 0.406 e. The molecule has 8 nitrogen and oxygen atoms in total. The van der Waals surface area contributed by atoms with Gasteiger partial charge in [-0.1, -0.05) is 0 Å². The van der Waals surface area contributed by atoms with E-state index < -0.39 is 47.9 Å². The molecule has 0 spiro atoms. The molecule has 1 N–H and O–H groups in total. The van der Waals surface area contributed by atoms with Crippen LogP contribution in [0, 0.1) is 15.5 Å². The van der Waals surface area contributed by atoms with Gasteiger partial charge in [0, 0.05) is 25.4 Å². The van der Waals surface area contributed by atoms with E-state index in [1.54, 1.807) is 0 Å². The van der Waals surface area contributed by atoms with Crippen LogP contribution in [-0.4, -0.2) is 51.1 Å². The summed E-state index contributed by atoms with van der Waals surface area (Å²) < 4.78 is 39.9. The first-order valence-corrected chi connectivity index (χ1v) is 7.70. The minimum atomic E-state index is -5.02. The van der Waals surface area contributed by atoms with Gasteiger partial charge in [-0.3, -0.25) is 24.7 Å². The van der Waals surface area contributed by atoms with Crippen molar-refractivity contribution in [1.29, 1.82) is 0 Å². The van der Waals surface area contributed by atoms with E-state index in [2.05, 4.69) is 4.98 Å². The number of alkyl halides is 3. The van der Waals surface area contributed by atoms with E-state index in [0.29, 0.717) is 0 Å². The maximum Gasteiger partial charge on any atom is 0.406 e. The van der Waals surface area contributed by atoms with Crippen molar-refractivity contribution in [2.24, 2.45) is 5.41 Å². The molecule has 1 aromatic carbocycles. The molecule has 1 unspecified atom stereocenters. The minimum Gasteiger partial charge on any atom is -0.481 e. The quantitative estimate of drug-likeness (QED) is 0.644. The molecule has 1 aliphatic rings. The number of amides is 1. The molecule has 2 aromatic rings. The Labute approximate surface area is 149 Å². The number of non-ortho nitro benzene ring substituents is 1. The second kappa shape index (κ2) is 6.18. The number of benzene rings is 1. The maximum atomic E-state index is 13.3. The normalized spacial score (nSPS) is 20.0. The molecule has 1 saturated heterocycles. The summed E-state index contributed by atoms with van der Waals surface area (Å²) in [5.74, 6) is -2.90. The van der Waals surface area contributed by atoms with Crippen LogP contribution < -0.4 is 0 Å². The number of nitro groups is 1. The standard InChI is InChI=1S/C16H12F3N3O5/c17-16(18,19)15(14(24)25)5-7-21(8-15)13(23)10-3-4-11(22(26)27)9-2-1-6-20-12(9)10/h1-4,6H,5,7-8H2,(H,24,25). The zero-order valence-electron chi connectivity index (χ0n) is 13.6. The second-order valence-corrected chi connectivity index (χ2v) is 6.15. The van der Waals surface area contributed by atoms with Crippen molar-refractivity contribution in [3.05, 3.63) is 46.1 Å². The van der Waals surface area contributed by atoms with Gasteiger partial charge in [0.15, 0.2) is 5.41 Å². The van der Waals surface area contributed by atoms with Crippen LogP contribution in [0.4, 0.5) is 18.9 Å². The molecule has 0 aliphatic carbocycles. The van der Waals surface area contributed by atoms with Gasteiger partial charge in [0.05, 0.1) is 21.4 Å². The summed E-state index contributed by atoms with van der Waals surface area (Å²) in [5, 5.41) is 20.3. The van der Waals surface area contributed by atoms with Crippen LogP contribution in [0.15, 0.2) is 30.5 Å². The molecule has 27 heavy (non-hydrogen) atoms. The largest absolute Gasteiger partial charge is 0.481 e. The summed E-state index contributed by atoms with van der Waals surface area (Å²) in [4.78, 5) is 39.2. The lowest BCUT2D eigenvalue weighted by molar-refractivity contribution is -0.383. The Balaban J connectivity index is 2.02. The fourth-order valence-electron chi connectivity index (χ4n) is 3.17. The average Bonchev–Trinajstić information content (AvgIpc) is 3.07. The number of rotatable bonds is 3. The molecule has 1 aromatic heterocycles. The molecule has 11 heteroatoms. The number of nitro benzene ring substituents is 1. The van der Waals surface area contributed by atoms with E-state index in [1.165, 1.54) is 18.3 Å². The summed E-state index contributed by atoms with van der Waals surface area (Å²) in [6, 6.07) is 4.99. The van der Waals surface area contributed by atoms with Gasteiger partial charge in [-0.25, -0.2) is 0 Å². The number of aliphatic carboxylic acids is 1. The van der Waals surface area contributed by atoms with Crippen molar-refractivity contribution in [2.45, 2.75) is 12.6 Å². The molecular formula is C16H12F3N3O5. The van der Waals surface area contributed by atoms with E-state index in [9.17, 15) is 32.9 Å². The van der Waals surface area contributed by atoms with Crippen molar-refractivity contribution >= 4 is 28.5 Å². The van der Waals surface area contributed by atoms with Crippen molar-refractivity contribution < 1.29 is 32.8 Å². The SMILES string of the molecule is O=C(c1ccc([N+](=O)[O-])c2cccnc12)N1CCC(C(=O)O)(C(F)(F)F)C1. The molecule has 1 fully saturated rings. The van der Waals surface area contributed by atoms with Gasteiger partial charge in [0.25, 0.3) is 11.6 Å². The Morgan fingerprint density at radius 3 is 2.56 bits per heavy atom. The lowest BCUT2D eigenvalue weighted by Crippen LogP contribution is -2.47. The lowest BCUT2D eigenvalue weighted by Gasteiger charge is -2.27. The first-order chi connectivity index (χ1) is 12.6. The van der Waals surface area contributed by atoms with Crippen LogP contribution in [0.1, 0.15) is 16.8 Å². The van der Waals surface area contributed by atoms with Crippen LogP contribution in [-0.2, 0) is 4.79 Å². The fraction of sp³-hybridized carbons (Fsp3) is 0.312. The third-order valence-electron chi connectivity index (χ3n) is 4.68. The van der Waals surface area contributed by atoms with E-state index in [1.807, 2.05) is 0 Å². The second-order valence-electron chi connectivity index (χ2n) is 6.15. The topological polar surface area (TPSA) is 114 Å². The monoisotopic (exact) mass is 383 g/mol. The van der Waals surface area contributed by atoms with Crippen LogP contribution in [0.25, 0.3) is 10.9 Å². The highest BCUT2D eigenvalue weighted by molar-refractivity contribution is 6.08. The van der Waals surface area contributed by atoms with Crippen molar-refractivity contribution in [3.63, 3.8) is 0 Å². The summed E-state index contributed by atoms with van der Waals surface area (Å²) in [7, 11) is 0. The van der Waals surface area contributed by atoms with Crippen LogP contribution in [0.5, 0.6) is 0 Å². The predicted octanol–water partition coefficient (Wildman–Crippen LogP) is 2.62. The van der Waals surface area contributed by atoms with Crippen molar-refractivity contribution in [2.75, 3.05) is 13.1 Å². The number of carbonyl (C=O) groups excluding carboxylic acids is 1. The van der Waals surface area contributed by atoms with Crippen LogP contribution in [0.3, 0.4) is 0 Å². The number of pyridine rings is 1. The Morgan fingerprint density at radius 2 is 2.00 bits per heavy atom. The Bertz CT molecular complexity index is 962. The molecule has 2 heterocycles. The van der Waals surface area contributed by atoms with Gasteiger partial charge in [0.1, 0.15) is 0 Å². The van der Waals surface area contributed by atoms with E-state index >= 15 is 0 Å². The van der Waals surface area contributed by atoms with E-state index in [4.69, 9.17) is 5.11 Å². The number of hydrogen-bond donors (Lipinski definition) is 1. The first-order valence-electron chi connectivity index (χ1n) is 7.70. The molecule has 0 bridgehead atoms. The predicted molar refractivity (Wildman–Crippen MR) is 85.0 cm³/mol. The third kappa shape index (κ3) is 2.84. The van der Waals surface area contributed by atoms with Gasteiger partial charge in [-0.15, -0.1) is 0 Å². The number of hydrogen-bond acceptors (Lipinski definition) is 5. The van der Waals surface area contributed by atoms with E-state index in [-0.39, 0.29) is 22.2 Å². The van der Waals surface area contributed by atoms with Crippen molar-refractivity contribution in [3.8, 4) is 0 Å². The van der Waals surface area contributed by atoms with Crippen LogP contribution >= 0.6 is 0 Å². The van der Waals surface area contributed by atoms with E-state index in [0.717, 1.165) is 17.0 Å².